The molecule has 1 aliphatic heterocycles. The number of rotatable bonds is 5. The van der Waals surface area contributed by atoms with Gasteiger partial charge < -0.3 is 19.9 Å². The summed E-state index contributed by atoms with van der Waals surface area (Å²) in [6.45, 7) is 5.98. The van der Waals surface area contributed by atoms with Gasteiger partial charge in [-0.2, -0.15) is 4.98 Å². The number of hydrogen-bond acceptors (Lipinski definition) is 6. The van der Waals surface area contributed by atoms with E-state index >= 15 is 0 Å². The summed E-state index contributed by atoms with van der Waals surface area (Å²) in [7, 11) is 0. The maximum Gasteiger partial charge on any atom is 0.226 e. The van der Waals surface area contributed by atoms with Crippen LogP contribution in [0, 0.1) is 6.92 Å². The SMILES string of the molecule is CCOc1cc(C)nc(NCC2(O)CCOCC2)n1. The summed E-state index contributed by atoms with van der Waals surface area (Å²) >= 11 is 0. The Morgan fingerprint density at radius 1 is 1.42 bits per heavy atom. The fraction of sp³-hybridized carbons (Fsp3) is 0.692. The molecule has 19 heavy (non-hydrogen) atoms. The molecule has 0 spiro atoms. The van der Waals surface area contributed by atoms with Gasteiger partial charge in [0.1, 0.15) is 0 Å². The van der Waals surface area contributed by atoms with Crippen molar-refractivity contribution in [1.82, 2.24) is 9.97 Å². The highest BCUT2D eigenvalue weighted by Crippen LogP contribution is 2.21. The van der Waals surface area contributed by atoms with Crippen molar-refractivity contribution >= 4 is 5.95 Å². The van der Waals surface area contributed by atoms with Gasteiger partial charge in [0.2, 0.25) is 11.8 Å². The lowest BCUT2D eigenvalue weighted by Gasteiger charge is -2.32. The molecule has 0 unspecified atom stereocenters. The van der Waals surface area contributed by atoms with Crippen molar-refractivity contribution < 1.29 is 14.6 Å². The highest BCUT2D eigenvalue weighted by molar-refractivity contribution is 5.31. The molecule has 6 heteroatoms. The molecule has 106 valence electrons. The van der Waals surface area contributed by atoms with E-state index in [9.17, 15) is 5.11 Å². The minimum atomic E-state index is -0.739. The summed E-state index contributed by atoms with van der Waals surface area (Å²) in [4.78, 5) is 8.54. The van der Waals surface area contributed by atoms with E-state index in [0.717, 1.165) is 5.69 Å². The summed E-state index contributed by atoms with van der Waals surface area (Å²) < 4.78 is 10.6. The third kappa shape index (κ3) is 4.04. The predicted octanol–water partition coefficient (Wildman–Crippen LogP) is 1.14. The fourth-order valence-electron chi connectivity index (χ4n) is 2.01. The van der Waals surface area contributed by atoms with Gasteiger partial charge in [-0.3, -0.25) is 0 Å². The van der Waals surface area contributed by atoms with Crippen molar-refractivity contribution in [3.8, 4) is 5.88 Å². The van der Waals surface area contributed by atoms with Gasteiger partial charge >= 0.3 is 0 Å². The van der Waals surface area contributed by atoms with E-state index in [4.69, 9.17) is 9.47 Å². The second-order valence-electron chi connectivity index (χ2n) is 4.79. The molecule has 0 radical (unpaired) electrons. The fourth-order valence-corrected chi connectivity index (χ4v) is 2.01. The van der Waals surface area contributed by atoms with Crippen LogP contribution in [0.5, 0.6) is 5.88 Å². The highest BCUT2D eigenvalue weighted by atomic mass is 16.5. The quantitative estimate of drug-likeness (QED) is 0.833. The largest absolute Gasteiger partial charge is 0.478 e. The average Bonchev–Trinajstić information content (AvgIpc) is 2.37. The van der Waals surface area contributed by atoms with Crippen LogP contribution in [0.15, 0.2) is 6.07 Å². The molecule has 2 N–H and O–H groups in total. The lowest BCUT2D eigenvalue weighted by molar-refractivity contribution is -0.0544. The van der Waals surface area contributed by atoms with E-state index in [1.807, 2.05) is 13.8 Å². The van der Waals surface area contributed by atoms with Crippen LogP contribution in [0.4, 0.5) is 5.95 Å². The monoisotopic (exact) mass is 267 g/mol. The first kappa shape index (κ1) is 14.0. The Balaban J connectivity index is 1.98. The van der Waals surface area contributed by atoms with E-state index in [-0.39, 0.29) is 0 Å². The van der Waals surface area contributed by atoms with Gasteiger partial charge in [0.15, 0.2) is 0 Å². The summed E-state index contributed by atoms with van der Waals surface area (Å²) in [6.07, 6.45) is 1.26. The Kier molecular flexibility index (Phi) is 4.55. The zero-order valence-electron chi connectivity index (χ0n) is 11.5. The molecule has 0 saturated carbocycles. The van der Waals surface area contributed by atoms with Gasteiger partial charge in [-0.25, -0.2) is 4.98 Å². The number of nitrogens with zero attached hydrogens (tertiary/aromatic N) is 2. The molecule has 1 aromatic heterocycles. The molecule has 1 aromatic rings. The number of hydrogen-bond donors (Lipinski definition) is 2. The minimum absolute atomic E-state index is 0.422. The maximum absolute atomic E-state index is 10.3. The second-order valence-corrected chi connectivity index (χ2v) is 4.79. The Morgan fingerprint density at radius 3 is 2.84 bits per heavy atom. The molecule has 6 nitrogen and oxygen atoms in total. The van der Waals surface area contributed by atoms with Gasteiger partial charge in [0, 0.05) is 44.4 Å². The highest BCUT2D eigenvalue weighted by Gasteiger charge is 2.29. The first-order chi connectivity index (χ1) is 9.11. The molecular weight excluding hydrogens is 246 g/mol. The van der Waals surface area contributed by atoms with E-state index in [1.165, 1.54) is 0 Å². The molecule has 1 aliphatic rings. The van der Waals surface area contributed by atoms with Crippen molar-refractivity contribution in [1.29, 1.82) is 0 Å². The lowest BCUT2D eigenvalue weighted by Crippen LogP contribution is -2.42. The van der Waals surface area contributed by atoms with Crippen LogP contribution in [0.2, 0.25) is 0 Å². The molecule has 0 aromatic carbocycles. The lowest BCUT2D eigenvalue weighted by atomic mass is 9.94. The molecule has 2 rings (SSSR count). The Morgan fingerprint density at radius 2 is 2.16 bits per heavy atom. The molecule has 0 bridgehead atoms. The van der Waals surface area contributed by atoms with E-state index in [1.54, 1.807) is 6.07 Å². The van der Waals surface area contributed by atoms with Crippen molar-refractivity contribution in [2.75, 3.05) is 31.7 Å². The normalized spacial score (nSPS) is 18.1. The van der Waals surface area contributed by atoms with Gasteiger partial charge in [0.25, 0.3) is 0 Å². The zero-order valence-corrected chi connectivity index (χ0v) is 11.5. The summed E-state index contributed by atoms with van der Waals surface area (Å²) in [5.74, 6) is 1.04. The smallest absolute Gasteiger partial charge is 0.226 e. The average molecular weight is 267 g/mol. The number of aliphatic hydroxyl groups is 1. The number of nitrogens with one attached hydrogen (secondary N) is 1. The molecule has 0 amide bonds. The van der Waals surface area contributed by atoms with Crippen LogP contribution < -0.4 is 10.1 Å². The van der Waals surface area contributed by atoms with Crippen LogP contribution in [0.25, 0.3) is 0 Å². The van der Waals surface area contributed by atoms with Gasteiger partial charge in [-0.05, 0) is 13.8 Å². The standard InChI is InChI=1S/C13H21N3O3/c1-3-19-11-8-10(2)15-12(16-11)14-9-13(17)4-6-18-7-5-13/h8,17H,3-7,9H2,1-2H3,(H,14,15,16). The van der Waals surface area contributed by atoms with E-state index in [0.29, 0.717) is 51.0 Å². The Bertz CT molecular complexity index is 420. The van der Waals surface area contributed by atoms with Crippen LogP contribution in [-0.2, 0) is 4.74 Å². The van der Waals surface area contributed by atoms with Gasteiger partial charge in [-0.1, -0.05) is 0 Å². The minimum Gasteiger partial charge on any atom is -0.478 e. The first-order valence-corrected chi connectivity index (χ1v) is 6.64. The molecule has 1 fully saturated rings. The maximum atomic E-state index is 10.3. The number of ether oxygens (including phenoxy) is 2. The van der Waals surface area contributed by atoms with Crippen molar-refractivity contribution in [2.45, 2.75) is 32.3 Å². The number of aromatic nitrogens is 2. The molecule has 1 saturated heterocycles. The third-order valence-corrected chi connectivity index (χ3v) is 3.12. The summed E-state index contributed by atoms with van der Waals surface area (Å²) in [5.41, 5.74) is 0.0943. The molecular formula is C13H21N3O3. The van der Waals surface area contributed by atoms with Crippen molar-refractivity contribution in [3.05, 3.63) is 11.8 Å². The molecule has 2 heterocycles. The van der Waals surface area contributed by atoms with Crippen LogP contribution in [0.3, 0.4) is 0 Å². The zero-order chi connectivity index (χ0) is 13.7. The number of anilines is 1. The summed E-state index contributed by atoms with van der Waals surface area (Å²) in [5, 5.41) is 13.4. The third-order valence-electron chi connectivity index (χ3n) is 3.12. The first-order valence-electron chi connectivity index (χ1n) is 6.64. The van der Waals surface area contributed by atoms with E-state index in [2.05, 4.69) is 15.3 Å². The van der Waals surface area contributed by atoms with E-state index < -0.39 is 5.60 Å². The topological polar surface area (TPSA) is 76.5 Å². The van der Waals surface area contributed by atoms with Crippen LogP contribution >= 0.6 is 0 Å². The second kappa shape index (κ2) is 6.16. The Hall–Kier alpha value is -1.40. The van der Waals surface area contributed by atoms with Crippen molar-refractivity contribution in [3.63, 3.8) is 0 Å². The van der Waals surface area contributed by atoms with Crippen LogP contribution in [-0.4, -0.2) is 47.0 Å². The Labute approximate surface area is 113 Å². The number of aryl methyl sites for hydroxylation is 1. The molecule has 0 aliphatic carbocycles. The predicted molar refractivity (Wildman–Crippen MR) is 71.4 cm³/mol. The van der Waals surface area contributed by atoms with Gasteiger partial charge in [0.05, 0.1) is 12.2 Å². The van der Waals surface area contributed by atoms with Crippen LogP contribution in [0.1, 0.15) is 25.5 Å². The van der Waals surface area contributed by atoms with Gasteiger partial charge in [-0.15, -0.1) is 0 Å². The van der Waals surface area contributed by atoms with Crippen molar-refractivity contribution in [2.24, 2.45) is 0 Å². The molecule has 0 atom stereocenters. The summed E-state index contributed by atoms with van der Waals surface area (Å²) in [6, 6.07) is 1.79.